The summed E-state index contributed by atoms with van der Waals surface area (Å²) in [5, 5.41) is 28.2. The summed E-state index contributed by atoms with van der Waals surface area (Å²) in [7, 11) is 0. The molecule has 0 atom stereocenters. The third-order valence-corrected chi connectivity index (χ3v) is 3.77. The minimum atomic E-state index is -0.692. The maximum absolute atomic E-state index is 12.5. The zero-order valence-electron chi connectivity index (χ0n) is 13.6. The van der Waals surface area contributed by atoms with E-state index in [0.29, 0.717) is 17.7 Å². The van der Waals surface area contributed by atoms with Gasteiger partial charge in [0, 0.05) is 23.7 Å². The molecule has 0 fully saturated rings. The van der Waals surface area contributed by atoms with Crippen LogP contribution in [0.4, 0.5) is 11.4 Å². The van der Waals surface area contributed by atoms with E-state index in [1.807, 2.05) is 12.1 Å². The highest BCUT2D eigenvalue weighted by molar-refractivity contribution is 6.54. The van der Waals surface area contributed by atoms with Crippen molar-refractivity contribution < 1.29 is 14.8 Å². The molecule has 1 amide bonds. The van der Waals surface area contributed by atoms with E-state index in [-0.39, 0.29) is 11.6 Å². The number of fused-ring (bicyclic) bond motifs is 1. The van der Waals surface area contributed by atoms with E-state index in [1.165, 1.54) is 24.4 Å². The summed E-state index contributed by atoms with van der Waals surface area (Å²) in [4.78, 5) is 24.2. The maximum atomic E-state index is 12.5. The number of nitrogens with zero attached hydrogens (tertiary/aromatic N) is 4. The Labute approximate surface area is 148 Å². The number of hydrogen-bond acceptors (Lipinski definition) is 6. The number of phenols is 1. The lowest BCUT2D eigenvalue weighted by Crippen LogP contribution is -2.30. The van der Waals surface area contributed by atoms with Crippen LogP contribution >= 0.6 is 0 Å². The van der Waals surface area contributed by atoms with Crippen LogP contribution in [0.2, 0.25) is 0 Å². The van der Waals surface area contributed by atoms with Crippen molar-refractivity contribution in [2.45, 2.75) is 0 Å². The van der Waals surface area contributed by atoms with Gasteiger partial charge in [-0.3, -0.25) is 14.9 Å². The van der Waals surface area contributed by atoms with Gasteiger partial charge in [-0.25, -0.2) is 0 Å². The number of nitro benzene ring substituents is 1. The van der Waals surface area contributed by atoms with E-state index in [1.54, 1.807) is 23.1 Å². The van der Waals surface area contributed by atoms with Crippen molar-refractivity contribution in [3.8, 4) is 5.75 Å². The summed E-state index contributed by atoms with van der Waals surface area (Å²) < 4.78 is 0. The van der Waals surface area contributed by atoms with E-state index < -0.39 is 16.4 Å². The number of nitro groups is 1. The number of rotatable bonds is 5. The molecule has 1 heterocycles. The van der Waals surface area contributed by atoms with E-state index in [0.717, 1.165) is 5.69 Å². The van der Waals surface area contributed by atoms with Crippen LogP contribution < -0.4 is 4.90 Å². The summed E-state index contributed by atoms with van der Waals surface area (Å²) in [6.07, 6.45) is 2.90. The Balaban J connectivity index is 1.92. The summed E-state index contributed by atoms with van der Waals surface area (Å²) in [6, 6.07) is 11.0. The molecule has 0 aliphatic carbocycles. The first-order valence-corrected chi connectivity index (χ1v) is 7.63. The second-order valence-electron chi connectivity index (χ2n) is 5.42. The number of amides is 1. The van der Waals surface area contributed by atoms with Gasteiger partial charge in [0.1, 0.15) is 0 Å². The molecule has 0 aromatic heterocycles. The van der Waals surface area contributed by atoms with Gasteiger partial charge < -0.3 is 10.0 Å². The van der Waals surface area contributed by atoms with Crippen LogP contribution in [-0.4, -0.2) is 34.4 Å². The zero-order valence-corrected chi connectivity index (χ0v) is 13.6. The molecular weight excluding hydrogens is 336 g/mol. The molecule has 0 radical (unpaired) electrons. The van der Waals surface area contributed by atoms with E-state index >= 15 is 0 Å². The fourth-order valence-electron chi connectivity index (χ4n) is 2.59. The average Bonchev–Trinajstić information content (AvgIpc) is 2.89. The maximum Gasteiger partial charge on any atom is 0.311 e. The SMILES string of the molecule is C=CCN1C(=O)/C(=N\N=C/c2ccc(O)c([N+](=O)[O-])c2)c2ccccc21. The lowest BCUT2D eigenvalue weighted by Gasteiger charge is -2.13. The van der Waals surface area contributed by atoms with Crippen LogP contribution in [0.1, 0.15) is 11.1 Å². The predicted octanol–water partition coefficient (Wildman–Crippen LogP) is 2.66. The van der Waals surface area contributed by atoms with Crippen LogP contribution in [0.15, 0.2) is 65.3 Å². The molecule has 8 heteroatoms. The monoisotopic (exact) mass is 350 g/mol. The molecule has 1 aliphatic rings. The molecule has 1 aliphatic heterocycles. The quantitative estimate of drug-likeness (QED) is 0.387. The van der Waals surface area contributed by atoms with Gasteiger partial charge in [-0.2, -0.15) is 5.10 Å². The van der Waals surface area contributed by atoms with E-state index in [4.69, 9.17) is 0 Å². The first-order valence-electron chi connectivity index (χ1n) is 7.63. The highest BCUT2D eigenvalue weighted by Gasteiger charge is 2.32. The Bertz CT molecular complexity index is 965. The van der Waals surface area contributed by atoms with Crippen molar-refractivity contribution in [2.75, 3.05) is 11.4 Å². The number of carbonyl (C=O) groups is 1. The minimum Gasteiger partial charge on any atom is -0.502 e. The molecular formula is C18H14N4O4. The molecule has 0 saturated heterocycles. The van der Waals surface area contributed by atoms with E-state index in [2.05, 4.69) is 16.8 Å². The lowest BCUT2D eigenvalue weighted by atomic mass is 10.1. The van der Waals surface area contributed by atoms with Crippen LogP contribution in [-0.2, 0) is 4.79 Å². The third kappa shape index (κ3) is 3.07. The highest BCUT2D eigenvalue weighted by atomic mass is 16.6. The first kappa shape index (κ1) is 17.0. The summed E-state index contributed by atoms with van der Waals surface area (Å²) in [5.41, 5.74) is 1.52. The van der Waals surface area contributed by atoms with Crippen molar-refractivity contribution >= 4 is 29.2 Å². The van der Waals surface area contributed by atoms with Gasteiger partial charge in [-0.05, 0) is 18.2 Å². The Kier molecular flexibility index (Phi) is 4.57. The summed E-state index contributed by atoms with van der Waals surface area (Å²) in [5.74, 6) is -0.724. The fraction of sp³-hybridized carbons (Fsp3) is 0.0556. The standard InChI is InChI=1S/C18H14N4O4/c1-2-9-21-14-6-4-3-5-13(14)17(18(21)24)20-19-11-12-7-8-16(23)15(10-12)22(25)26/h2-8,10-11,23H,1,9H2/b19-11-,20-17-. The second kappa shape index (κ2) is 6.98. The van der Waals surface area contributed by atoms with Gasteiger partial charge in [0.15, 0.2) is 11.5 Å². The lowest BCUT2D eigenvalue weighted by molar-refractivity contribution is -0.385. The van der Waals surface area contributed by atoms with Gasteiger partial charge in [0.05, 0.1) is 16.8 Å². The van der Waals surface area contributed by atoms with Crippen LogP contribution in [0.5, 0.6) is 5.75 Å². The Morgan fingerprint density at radius 2 is 2.04 bits per heavy atom. The molecule has 2 aromatic rings. The van der Waals surface area contributed by atoms with Gasteiger partial charge >= 0.3 is 5.69 Å². The van der Waals surface area contributed by atoms with Gasteiger partial charge in [0.2, 0.25) is 0 Å². The van der Waals surface area contributed by atoms with Crippen LogP contribution in [0, 0.1) is 10.1 Å². The molecule has 0 unspecified atom stereocenters. The molecule has 26 heavy (non-hydrogen) atoms. The molecule has 2 aromatic carbocycles. The number of phenolic OH excluding ortho intramolecular Hbond substituents is 1. The number of para-hydroxylation sites is 1. The Morgan fingerprint density at radius 3 is 2.77 bits per heavy atom. The van der Waals surface area contributed by atoms with Crippen molar-refractivity contribution in [3.05, 3.63) is 76.4 Å². The van der Waals surface area contributed by atoms with Crippen LogP contribution in [0.3, 0.4) is 0 Å². The van der Waals surface area contributed by atoms with Gasteiger partial charge in [0.25, 0.3) is 5.91 Å². The number of aromatic hydroxyl groups is 1. The normalized spacial score (nSPS) is 14.8. The Hall–Kier alpha value is -3.81. The van der Waals surface area contributed by atoms with Crippen molar-refractivity contribution in [1.82, 2.24) is 0 Å². The number of benzene rings is 2. The molecule has 0 bridgehead atoms. The minimum absolute atomic E-state index is 0.187. The third-order valence-electron chi connectivity index (χ3n) is 3.77. The molecule has 130 valence electrons. The molecule has 3 rings (SSSR count). The molecule has 0 spiro atoms. The summed E-state index contributed by atoms with van der Waals surface area (Å²) >= 11 is 0. The predicted molar refractivity (Wildman–Crippen MR) is 97.9 cm³/mol. The van der Waals surface area contributed by atoms with Crippen LogP contribution in [0.25, 0.3) is 0 Å². The number of carbonyl (C=O) groups excluding carboxylic acids is 1. The van der Waals surface area contributed by atoms with Gasteiger partial charge in [-0.1, -0.05) is 24.3 Å². The molecule has 0 saturated carbocycles. The summed E-state index contributed by atoms with van der Waals surface area (Å²) in [6.45, 7) is 4.00. The highest BCUT2D eigenvalue weighted by Crippen LogP contribution is 2.29. The smallest absolute Gasteiger partial charge is 0.311 e. The molecule has 8 nitrogen and oxygen atoms in total. The first-order chi connectivity index (χ1) is 12.5. The molecule has 1 N–H and O–H groups in total. The largest absolute Gasteiger partial charge is 0.502 e. The van der Waals surface area contributed by atoms with Crippen molar-refractivity contribution in [3.63, 3.8) is 0 Å². The van der Waals surface area contributed by atoms with E-state index in [9.17, 15) is 20.0 Å². The van der Waals surface area contributed by atoms with Gasteiger partial charge in [-0.15, -0.1) is 11.7 Å². The Morgan fingerprint density at radius 1 is 1.27 bits per heavy atom. The van der Waals surface area contributed by atoms with Crippen molar-refractivity contribution in [1.29, 1.82) is 0 Å². The topological polar surface area (TPSA) is 108 Å². The fourth-order valence-corrected chi connectivity index (χ4v) is 2.59. The number of anilines is 1. The zero-order chi connectivity index (χ0) is 18.7. The second-order valence-corrected chi connectivity index (χ2v) is 5.42. The number of hydrogen-bond donors (Lipinski definition) is 1. The van der Waals surface area contributed by atoms with Crippen molar-refractivity contribution in [2.24, 2.45) is 10.2 Å². The average molecular weight is 350 g/mol.